The van der Waals surface area contributed by atoms with Gasteiger partial charge in [0.15, 0.2) is 0 Å². The number of rotatable bonds is 5. The summed E-state index contributed by atoms with van der Waals surface area (Å²) in [5.74, 6) is 0.785. The molecule has 0 radical (unpaired) electrons. The zero-order valence-corrected chi connectivity index (χ0v) is 14.4. The minimum atomic E-state index is -0.883. The van der Waals surface area contributed by atoms with Gasteiger partial charge in [-0.15, -0.1) is 0 Å². The Labute approximate surface area is 148 Å². The number of methoxy groups -OCH3 is 1. The van der Waals surface area contributed by atoms with Gasteiger partial charge in [0, 0.05) is 19.5 Å². The Kier molecular flexibility index (Phi) is 5.24. The maximum atomic E-state index is 12.0. The molecule has 2 aromatic rings. The first-order valence-electron chi connectivity index (χ1n) is 8.52. The summed E-state index contributed by atoms with van der Waals surface area (Å²) in [7, 11) is 1.62. The summed E-state index contributed by atoms with van der Waals surface area (Å²) in [5.41, 5.74) is 2.56. The molecule has 0 heterocycles. The van der Waals surface area contributed by atoms with E-state index >= 15 is 0 Å². The Morgan fingerprint density at radius 3 is 2.56 bits per heavy atom. The smallest absolute Gasteiger partial charge is 0.315 e. The first-order valence-corrected chi connectivity index (χ1v) is 8.52. The predicted octanol–water partition coefficient (Wildman–Crippen LogP) is 2.41. The van der Waals surface area contributed by atoms with Crippen molar-refractivity contribution in [2.24, 2.45) is 0 Å². The minimum Gasteiger partial charge on any atom is -0.497 e. The highest BCUT2D eigenvalue weighted by molar-refractivity contribution is 5.73. The second-order valence-corrected chi connectivity index (χ2v) is 6.55. The van der Waals surface area contributed by atoms with E-state index in [4.69, 9.17) is 4.74 Å². The summed E-state index contributed by atoms with van der Waals surface area (Å²) in [5, 5.41) is 16.4. The molecule has 3 N–H and O–H groups in total. The molecular weight excluding hydrogens is 316 g/mol. The highest BCUT2D eigenvalue weighted by Gasteiger charge is 2.32. The lowest BCUT2D eigenvalue weighted by atomic mass is 9.80. The third-order valence-electron chi connectivity index (χ3n) is 4.69. The van der Waals surface area contributed by atoms with Crippen molar-refractivity contribution in [2.75, 3.05) is 13.7 Å². The third kappa shape index (κ3) is 4.51. The van der Waals surface area contributed by atoms with Crippen molar-refractivity contribution < 1.29 is 14.6 Å². The molecule has 1 aliphatic carbocycles. The van der Waals surface area contributed by atoms with Crippen molar-refractivity contribution in [1.82, 2.24) is 10.6 Å². The fourth-order valence-electron chi connectivity index (χ4n) is 3.17. The van der Waals surface area contributed by atoms with E-state index in [1.165, 1.54) is 5.56 Å². The van der Waals surface area contributed by atoms with Crippen LogP contribution in [0.5, 0.6) is 5.75 Å². The Balaban J connectivity index is 1.47. The van der Waals surface area contributed by atoms with E-state index in [1.54, 1.807) is 7.11 Å². The summed E-state index contributed by atoms with van der Waals surface area (Å²) in [4.78, 5) is 12.0. The van der Waals surface area contributed by atoms with Crippen LogP contribution in [0.2, 0.25) is 0 Å². The standard InChI is InChI=1S/C20H24N2O3/c1-25-18-8-6-15(7-9-18)13-21-19(23)22-14-20(24)11-10-16-4-2-3-5-17(16)12-20/h2-9,24H,10-14H2,1H3,(H2,21,22,23). The number of aliphatic hydroxyl groups is 1. The van der Waals surface area contributed by atoms with Crippen LogP contribution in [0, 0.1) is 0 Å². The van der Waals surface area contributed by atoms with E-state index in [9.17, 15) is 9.90 Å². The average Bonchev–Trinajstić information content (AvgIpc) is 2.65. The number of fused-ring (bicyclic) bond motifs is 1. The monoisotopic (exact) mass is 340 g/mol. The van der Waals surface area contributed by atoms with Gasteiger partial charge in [-0.3, -0.25) is 0 Å². The lowest BCUT2D eigenvalue weighted by Gasteiger charge is -2.33. The molecule has 5 nitrogen and oxygen atoms in total. The van der Waals surface area contributed by atoms with Crippen LogP contribution in [0.15, 0.2) is 48.5 Å². The number of carbonyl (C=O) groups is 1. The van der Waals surface area contributed by atoms with Crippen LogP contribution in [-0.2, 0) is 19.4 Å². The van der Waals surface area contributed by atoms with Crippen LogP contribution in [0.4, 0.5) is 4.79 Å². The second kappa shape index (κ2) is 7.57. The SMILES string of the molecule is COc1ccc(CNC(=O)NCC2(O)CCc3ccccc3C2)cc1. The topological polar surface area (TPSA) is 70.6 Å². The van der Waals surface area contributed by atoms with Gasteiger partial charge in [0.05, 0.1) is 12.7 Å². The lowest BCUT2D eigenvalue weighted by molar-refractivity contribution is 0.0291. The normalized spacial score (nSPS) is 19.0. The Morgan fingerprint density at radius 2 is 1.84 bits per heavy atom. The maximum Gasteiger partial charge on any atom is 0.315 e. The fourth-order valence-corrected chi connectivity index (χ4v) is 3.17. The van der Waals surface area contributed by atoms with Gasteiger partial charge in [-0.05, 0) is 41.7 Å². The molecule has 0 spiro atoms. The zero-order valence-electron chi connectivity index (χ0n) is 14.4. The second-order valence-electron chi connectivity index (χ2n) is 6.55. The predicted molar refractivity (Wildman–Crippen MR) is 96.6 cm³/mol. The van der Waals surface area contributed by atoms with Crippen molar-refractivity contribution in [3.63, 3.8) is 0 Å². The third-order valence-corrected chi connectivity index (χ3v) is 4.69. The summed E-state index contributed by atoms with van der Waals surface area (Å²) >= 11 is 0. The number of carbonyl (C=O) groups excluding carboxylic acids is 1. The molecule has 3 rings (SSSR count). The largest absolute Gasteiger partial charge is 0.497 e. The molecule has 2 amide bonds. The number of benzene rings is 2. The first kappa shape index (κ1) is 17.3. The van der Waals surface area contributed by atoms with E-state index in [2.05, 4.69) is 16.7 Å². The number of amides is 2. The van der Waals surface area contributed by atoms with Crippen molar-refractivity contribution >= 4 is 6.03 Å². The van der Waals surface area contributed by atoms with E-state index in [1.807, 2.05) is 42.5 Å². The molecular formula is C20H24N2O3. The van der Waals surface area contributed by atoms with E-state index < -0.39 is 5.60 Å². The fraction of sp³-hybridized carbons (Fsp3) is 0.350. The van der Waals surface area contributed by atoms with Crippen LogP contribution in [-0.4, -0.2) is 30.4 Å². The van der Waals surface area contributed by atoms with Crippen molar-refractivity contribution in [3.8, 4) is 5.75 Å². The molecule has 1 aliphatic rings. The van der Waals surface area contributed by atoms with Crippen LogP contribution in [0.1, 0.15) is 23.1 Å². The van der Waals surface area contributed by atoms with Gasteiger partial charge in [0.2, 0.25) is 0 Å². The van der Waals surface area contributed by atoms with Crippen LogP contribution in [0.3, 0.4) is 0 Å². The van der Waals surface area contributed by atoms with Gasteiger partial charge in [0.1, 0.15) is 5.75 Å². The molecule has 132 valence electrons. The Bertz CT molecular complexity index is 730. The minimum absolute atomic E-state index is 0.246. The molecule has 5 heteroatoms. The van der Waals surface area contributed by atoms with E-state index in [-0.39, 0.29) is 12.6 Å². The van der Waals surface area contributed by atoms with Gasteiger partial charge in [0.25, 0.3) is 0 Å². The van der Waals surface area contributed by atoms with Crippen molar-refractivity contribution in [2.45, 2.75) is 31.4 Å². The number of urea groups is 1. The van der Waals surface area contributed by atoms with Gasteiger partial charge >= 0.3 is 6.03 Å². The quantitative estimate of drug-likeness (QED) is 0.783. The van der Waals surface area contributed by atoms with E-state index in [0.717, 1.165) is 23.3 Å². The summed E-state index contributed by atoms with van der Waals surface area (Å²) in [6.45, 7) is 0.673. The number of aryl methyl sites for hydroxylation is 1. The van der Waals surface area contributed by atoms with Gasteiger partial charge < -0.3 is 20.5 Å². The zero-order chi connectivity index (χ0) is 17.7. The molecule has 2 aromatic carbocycles. The highest BCUT2D eigenvalue weighted by atomic mass is 16.5. The Morgan fingerprint density at radius 1 is 1.12 bits per heavy atom. The summed E-state index contributed by atoms with van der Waals surface area (Å²) in [6.07, 6.45) is 2.06. The number of nitrogens with one attached hydrogen (secondary N) is 2. The van der Waals surface area contributed by atoms with Gasteiger partial charge in [-0.25, -0.2) is 4.79 Å². The molecule has 1 unspecified atom stereocenters. The molecule has 0 aliphatic heterocycles. The molecule has 0 saturated heterocycles. The Hall–Kier alpha value is -2.53. The van der Waals surface area contributed by atoms with Crippen LogP contribution in [0.25, 0.3) is 0 Å². The highest BCUT2D eigenvalue weighted by Crippen LogP contribution is 2.28. The first-order chi connectivity index (χ1) is 12.1. The molecule has 0 saturated carbocycles. The molecule has 1 atom stereocenters. The lowest BCUT2D eigenvalue weighted by Crippen LogP contribution is -2.49. The maximum absolute atomic E-state index is 12.0. The average molecular weight is 340 g/mol. The van der Waals surface area contributed by atoms with Gasteiger partial charge in [-0.2, -0.15) is 0 Å². The number of hydrogen-bond donors (Lipinski definition) is 3. The van der Waals surface area contributed by atoms with Crippen LogP contribution < -0.4 is 15.4 Å². The summed E-state index contributed by atoms with van der Waals surface area (Å²) < 4.78 is 5.11. The molecule has 0 aromatic heterocycles. The van der Waals surface area contributed by atoms with Crippen LogP contribution >= 0.6 is 0 Å². The van der Waals surface area contributed by atoms with Crippen molar-refractivity contribution in [3.05, 3.63) is 65.2 Å². The molecule has 0 bridgehead atoms. The molecule has 25 heavy (non-hydrogen) atoms. The van der Waals surface area contributed by atoms with Crippen molar-refractivity contribution in [1.29, 1.82) is 0 Å². The molecule has 0 fully saturated rings. The van der Waals surface area contributed by atoms with E-state index in [0.29, 0.717) is 19.4 Å². The summed E-state index contributed by atoms with van der Waals surface area (Å²) in [6, 6.07) is 15.4. The number of hydrogen-bond acceptors (Lipinski definition) is 3. The number of ether oxygens (including phenoxy) is 1. The van der Waals surface area contributed by atoms with Gasteiger partial charge in [-0.1, -0.05) is 36.4 Å².